The summed E-state index contributed by atoms with van der Waals surface area (Å²) in [5.74, 6) is 2.06. The lowest BCUT2D eigenvalue weighted by molar-refractivity contribution is -0.122. The molecule has 2 aromatic carbocycles. The number of H-pyrrole nitrogens is 1. The van der Waals surface area contributed by atoms with E-state index < -0.39 is 0 Å². The summed E-state index contributed by atoms with van der Waals surface area (Å²) < 4.78 is 11.7. The van der Waals surface area contributed by atoms with Crippen LogP contribution in [0.5, 0.6) is 11.5 Å². The molecule has 0 bridgehead atoms. The first-order chi connectivity index (χ1) is 14.5. The maximum atomic E-state index is 12.8. The molecule has 1 aliphatic heterocycles. The zero-order valence-corrected chi connectivity index (χ0v) is 18.0. The van der Waals surface area contributed by atoms with E-state index >= 15 is 0 Å². The van der Waals surface area contributed by atoms with E-state index in [0.29, 0.717) is 30.5 Å². The Morgan fingerprint density at radius 1 is 1.23 bits per heavy atom. The molecule has 0 spiro atoms. The standard InChI is InChI=1S/C24H27ClN2O3/c1-15(2)9-16(20-13-26-21-8-7-17(25)11-19(20)21)10-24(28)27-12-18-14-29-22-5-3-4-6-23(22)30-18/h3-8,11,13,15-16,18,26H,9-10,12,14H2,1-2H3,(H,27,28)/t16-,18+/m0/s1. The van der Waals surface area contributed by atoms with E-state index in [4.69, 9.17) is 21.1 Å². The third kappa shape index (κ3) is 4.73. The number of benzene rings is 2. The molecule has 1 amide bonds. The molecular formula is C24H27ClN2O3. The molecule has 0 unspecified atom stereocenters. The van der Waals surface area contributed by atoms with Gasteiger partial charge in [-0.05, 0) is 54.2 Å². The Kier molecular flexibility index (Phi) is 6.18. The topological polar surface area (TPSA) is 63.4 Å². The summed E-state index contributed by atoms with van der Waals surface area (Å²) in [6.45, 7) is 5.20. The lowest BCUT2D eigenvalue weighted by atomic mass is 9.87. The molecule has 0 radical (unpaired) electrons. The van der Waals surface area contributed by atoms with Crippen molar-refractivity contribution in [3.63, 3.8) is 0 Å². The van der Waals surface area contributed by atoms with E-state index in [1.54, 1.807) is 0 Å². The molecule has 2 atom stereocenters. The molecule has 0 fully saturated rings. The van der Waals surface area contributed by atoms with Crippen LogP contribution in [0.25, 0.3) is 10.9 Å². The number of carbonyl (C=O) groups is 1. The molecule has 6 heteroatoms. The van der Waals surface area contributed by atoms with Gasteiger partial charge < -0.3 is 19.8 Å². The minimum atomic E-state index is -0.195. The number of hydrogen-bond acceptors (Lipinski definition) is 3. The number of ether oxygens (including phenoxy) is 2. The largest absolute Gasteiger partial charge is 0.486 e. The number of halogens is 1. The van der Waals surface area contributed by atoms with Crippen molar-refractivity contribution in [3.05, 3.63) is 59.2 Å². The molecule has 1 aromatic heterocycles. The predicted octanol–water partition coefficient (Wildman–Crippen LogP) is 5.30. The molecule has 1 aliphatic rings. The molecule has 3 aromatic rings. The van der Waals surface area contributed by atoms with Gasteiger partial charge in [-0.2, -0.15) is 0 Å². The third-order valence-electron chi connectivity index (χ3n) is 5.40. The normalized spacial score (nSPS) is 16.6. The van der Waals surface area contributed by atoms with E-state index in [1.807, 2.05) is 48.7 Å². The Labute approximate surface area is 181 Å². The van der Waals surface area contributed by atoms with Crippen molar-refractivity contribution in [2.75, 3.05) is 13.2 Å². The van der Waals surface area contributed by atoms with Gasteiger partial charge in [0.1, 0.15) is 12.7 Å². The lowest BCUT2D eigenvalue weighted by Gasteiger charge is -2.27. The number of aromatic amines is 1. The fourth-order valence-electron chi connectivity index (χ4n) is 4.03. The highest BCUT2D eigenvalue weighted by molar-refractivity contribution is 6.31. The van der Waals surface area contributed by atoms with Crippen LogP contribution < -0.4 is 14.8 Å². The molecule has 2 N–H and O–H groups in total. The first-order valence-corrected chi connectivity index (χ1v) is 10.8. The zero-order valence-electron chi connectivity index (χ0n) is 17.3. The van der Waals surface area contributed by atoms with E-state index in [2.05, 4.69) is 24.1 Å². The van der Waals surface area contributed by atoms with Gasteiger partial charge in [0.2, 0.25) is 5.91 Å². The highest BCUT2D eigenvalue weighted by Crippen LogP contribution is 2.34. The minimum absolute atomic E-state index is 0.0134. The first-order valence-electron chi connectivity index (χ1n) is 10.4. The second kappa shape index (κ2) is 9.00. The van der Waals surface area contributed by atoms with Crippen molar-refractivity contribution >= 4 is 28.4 Å². The Hall–Kier alpha value is -2.66. The molecule has 2 heterocycles. The smallest absolute Gasteiger partial charge is 0.220 e. The SMILES string of the molecule is CC(C)C[C@@H](CC(=O)NC[C@@H]1COc2ccccc2O1)c1c[nH]c2ccc(Cl)cc12. The number of para-hydroxylation sites is 2. The fraction of sp³-hybridized carbons (Fsp3) is 0.375. The van der Waals surface area contributed by atoms with Crippen molar-refractivity contribution in [2.24, 2.45) is 5.92 Å². The van der Waals surface area contributed by atoms with Crippen LogP contribution in [-0.4, -0.2) is 30.1 Å². The van der Waals surface area contributed by atoms with Gasteiger partial charge in [-0.1, -0.05) is 37.6 Å². The summed E-state index contributed by atoms with van der Waals surface area (Å²) in [7, 11) is 0. The van der Waals surface area contributed by atoms with Crippen LogP contribution in [0.2, 0.25) is 5.02 Å². The molecular weight excluding hydrogens is 400 g/mol. The lowest BCUT2D eigenvalue weighted by Crippen LogP contribution is -2.41. The van der Waals surface area contributed by atoms with Crippen LogP contribution in [0.15, 0.2) is 48.7 Å². The highest BCUT2D eigenvalue weighted by Gasteiger charge is 2.24. The monoisotopic (exact) mass is 426 g/mol. The maximum Gasteiger partial charge on any atom is 0.220 e. The van der Waals surface area contributed by atoms with Crippen LogP contribution in [0.4, 0.5) is 0 Å². The van der Waals surface area contributed by atoms with Gasteiger partial charge in [-0.3, -0.25) is 4.79 Å². The highest BCUT2D eigenvalue weighted by atomic mass is 35.5. The van der Waals surface area contributed by atoms with Crippen LogP contribution in [0.1, 0.15) is 38.2 Å². The van der Waals surface area contributed by atoms with Crippen molar-refractivity contribution in [1.29, 1.82) is 0 Å². The van der Waals surface area contributed by atoms with Crippen LogP contribution in [0.3, 0.4) is 0 Å². The Bertz CT molecular complexity index is 1030. The number of aromatic nitrogens is 1. The summed E-state index contributed by atoms with van der Waals surface area (Å²) in [5, 5.41) is 4.81. The summed E-state index contributed by atoms with van der Waals surface area (Å²) in [6, 6.07) is 13.4. The van der Waals surface area contributed by atoms with Gasteiger partial charge in [0.05, 0.1) is 6.54 Å². The molecule has 0 saturated heterocycles. The van der Waals surface area contributed by atoms with Crippen LogP contribution >= 0.6 is 11.6 Å². The molecule has 0 aliphatic carbocycles. The number of fused-ring (bicyclic) bond motifs is 2. The number of amides is 1. The minimum Gasteiger partial charge on any atom is -0.486 e. The van der Waals surface area contributed by atoms with Gasteiger partial charge in [-0.15, -0.1) is 0 Å². The van der Waals surface area contributed by atoms with Gasteiger partial charge in [-0.25, -0.2) is 0 Å². The summed E-state index contributed by atoms with van der Waals surface area (Å²) in [5.41, 5.74) is 2.18. The summed E-state index contributed by atoms with van der Waals surface area (Å²) in [6.07, 6.45) is 3.15. The molecule has 0 saturated carbocycles. The van der Waals surface area contributed by atoms with Crippen molar-refractivity contribution < 1.29 is 14.3 Å². The second-order valence-corrected chi connectivity index (χ2v) is 8.70. The Morgan fingerprint density at radius 3 is 2.83 bits per heavy atom. The zero-order chi connectivity index (χ0) is 21.1. The van der Waals surface area contributed by atoms with Crippen molar-refractivity contribution in [2.45, 2.75) is 38.7 Å². The third-order valence-corrected chi connectivity index (χ3v) is 5.63. The maximum absolute atomic E-state index is 12.8. The van der Waals surface area contributed by atoms with Crippen LogP contribution in [-0.2, 0) is 4.79 Å². The second-order valence-electron chi connectivity index (χ2n) is 8.27. The number of rotatable bonds is 7. The Balaban J connectivity index is 1.41. The molecule has 158 valence electrons. The first kappa shape index (κ1) is 20.6. The van der Waals surface area contributed by atoms with E-state index in [0.717, 1.165) is 34.4 Å². The summed E-state index contributed by atoms with van der Waals surface area (Å²) in [4.78, 5) is 16.1. The number of hydrogen-bond donors (Lipinski definition) is 2. The van der Waals surface area contributed by atoms with E-state index in [1.165, 1.54) is 0 Å². The van der Waals surface area contributed by atoms with Crippen molar-refractivity contribution in [3.8, 4) is 11.5 Å². The predicted molar refractivity (Wildman–Crippen MR) is 119 cm³/mol. The average molecular weight is 427 g/mol. The van der Waals surface area contributed by atoms with E-state index in [9.17, 15) is 4.79 Å². The quantitative estimate of drug-likeness (QED) is 0.539. The number of carbonyl (C=O) groups excluding carboxylic acids is 1. The van der Waals surface area contributed by atoms with Gasteiger partial charge in [0.15, 0.2) is 11.5 Å². The fourth-order valence-corrected chi connectivity index (χ4v) is 4.20. The van der Waals surface area contributed by atoms with Crippen LogP contribution in [0, 0.1) is 5.92 Å². The average Bonchev–Trinajstić information content (AvgIpc) is 3.14. The molecule has 30 heavy (non-hydrogen) atoms. The van der Waals surface area contributed by atoms with E-state index in [-0.39, 0.29) is 17.9 Å². The molecule has 4 rings (SSSR count). The number of nitrogens with one attached hydrogen (secondary N) is 2. The van der Waals surface area contributed by atoms with Crippen molar-refractivity contribution in [1.82, 2.24) is 10.3 Å². The molecule has 5 nitrogen and oxygen atoms in total. The Morgan fingerprint density at radius 2 is 2.03 bits per heavy atom. The van der Waals surface area contributed by atoms with Gasteiger partial charge in [0, 0.05) is 28.5 Å². The summed E-state index contributed by atoms with van der Waals surface area (Å²) >= 11 is 6.22. The van der Waals surface area contributed by atoms with Gasteiger partial charge >= 0.3 is 0 Å². The van der Waals surface area contributed by atoms with Gasteiger partial charge in [0.25, 0.3) is 0 Å².